The predicted octanol–water partition coefficient (Wildman–Crippen LogP) is 2.65. The van der Waals surface area contributed by atoms with Gasteiger partial charge in [-0.25, -0.2) is 13.4 Å². The number of aryl methyl sites for hydroxylation is 1. The molecule has 0 aliphatic heterocycles. The van der Waals surface area contributed by atoms with Crippen LogP contribution in [0.15, 0.2) is 65.8 Å². The summed E-state index contributed by atoms with van der Waals surface area (Å²) in [6, 6.07) is 11.3. The first kappa shape index (κ1) is 22.8. The van der Waals surface area contributed by atoms with Gasteiger partial charge in [0.25, 0.3) is 0 Å². The Balaban J connectivity index is 1.83. The minimum absolute atomic E-state index is 0.0185. The van der Waals surface area contributed by atoms with E-state index in [1.807, 2.05) is 19.2 Å². The third kappa shape index (κ3) is 5.43. The van der Waals surface area contributed by atoms with Crippen molar-refractivity contribution < 1.29 is 17.9 Å². The number of aromatic nitrogens is 2. The summed E-state index contributed by atoms with van der Waals surface area (Å²) in [5, 5.41) is 3.30. The summed E-state index contributed by atoms with van der Waals surface area (Å²) in [6.07, 6.45) is 3.39. The van der Waals surface area contributed by atoms with E-state index in [1.165, 1.54) is 31.2 Å². The fourth-order valence-corrected chi connectivity index (χ4v) is 4.34. The first-order valence-electron chi connectivity index (χ1n) is 9.40. The molecular weight excluding hydrogens is 440 g/mol. The van der Waals surface area contributed by atoms with Crippen LogP contribution in [0.4, 0.5) is 0 Å². The second-order valence-electron chi connectivity index (χ2n) is 6.91. The summed E-state index contributed by atoms with van der Waals surface area (Å²) in [7, 11) is -0.534. The highest BCUT2D eigenvalue weighted by Crippen LogP contribution is 2.24. The van der Waals surface area contributed by atoms with E-state index in [-0.39, 0.29) is 4.90 Å². The molecule has 1 heterocycles. The van der Waals surface area contributed by atoms with Gasteiger partial charge in [0.15, 0.2) is 0 Å². The van der Waals surface area contributed by atoms with Crippen molar-refractivity contribution in [1.82, 2.24) is 19.6 Å². The molecule has 0 saturated carbocycles. The molecule has 2 aromatic carbocycles. The van der Waals surface area contributed by atoms with Gasteiger partial charge in [-0.3, -0.25) is 4.79 Å². The summed E-state index contributed by atoms with van der Waals surface area (Å²) in [6.45, 7) is 1.48. The van der Waals surface area contributed by atoms with Crippen LogP contribution in [-0.4, -0.2) is 37.0 Å². The summed E-state index contributed by atoms with van der Waals surface area (Å²) in [5.74, 6) is 0.713. The third-order valence-electron chi connectivity index (χ3n) is 4.68. The number of hydrogen-bond donors (Lipinski definition) is 2. The Morgan fingerprint density at radius 3 is 2.52 bits per heavy atom. The molecule has 0 fully saturated rings. The Morgan fingerprint density at radius 2 is 1.90 bits per heavy atom. The van der Waals surface area contributed by atoms with Crippen LogP contribution in [-0.2, 0) is 21.9 Å². The van der Waals surface area contributed by atoms with Crippen molar-refractivity contribution in [3.8, 4) is 5.75 Å². The maximum Gasteiger partial charge on any atom is 0.241 e. The van der Waals surface area contributed by atoms with Gasteiger partial charge < -0.3 is 14.6 Å². The summed E-state index contributed by atoms with van der Waals surface area (Å²) < 4.78 is 34.7. The molecule has 0 saturated heterocycles. The van der Waals surface area contributed by atoms with Crippen molar-refractivity contribution >= 4 is 27.5 Å². The van der Waals surface area contributed by atoms with Crippen LogP contribution in [0.5, 0.6) is 5.75 Å². The number of hydrogen-bond acceptors (Lipinski definition) is 5. The number of methoxy groups -OCH3 is 1. The van der Waals surface area contributed by atoms with Gasteiger partial charge in [-0.05, 0) is 48.9 Å². The second-order valence-corrected chi connectivity index (χ2v) is 9.06. The van der Waals surface area contributed by atoms with Gasteiger partial charge >= 0.3 is 0 Å². The number of amides is 1. The van der Waals surface area contributed by atoms with E-state index >= 15 is 0 Å². The van der Waals surface area contributed by atoms with Crippen LogP contribution in [0.25, 0.3) is 0 Å². The fourth-order valence-electron chi connectivity index (χ4n) is 3.01. The third-order valence-corrected chi connectivity index (χ3v) is 6.49. The second kappa shape index (κ2) is 9.51. The minimum atomic E-state index is -3.90. The number of rotatable bonds is 8. The van der Waals surface area contributed by atoms with E-state index in [9.17, 15) is 13.2 Å². The van der Waals surface area contributed by atoms with Crippen molar-refractivity contribution in [3.05, 3.63) is 77.3 Å². The quantitative estimate of drug-likeness (QED) is 0.535. The largest absolute Gasteiger partial charge is 0.497 e. The Hall–Kier alpha value is -2.88. The average Bonchev–Trinajstić information content (AvgIpc) is 3.17. The number of ether oxygens (including phenoxy) is 1. The zero-order valence-electron chi connectivity index (χ0n) is 17.2. The zero-order chi connectivity index (χ0) is 22.6. The maximum absolute atomic E-state index is 12.9. The lowest BCUT2D eigenvalue weighted by Gasteiger charge is -2.22. The minimum Gasteiger partial charge on any atom is -0.497 e. The Kier molecular flexibility index (Phi) is 6.99. The standard InChI is InChI=1S/C21H23ClN4O4S/c1-14(25-31(28,29)18-9-7-16(22)8-10-18)21(27)24-19(20-23-11-12-26(20)2)15-5-4-6-17(13-15)30-3/h4-14,19,25H,1-3H3,(H,24,27)/t14-,19?/m0/s1. The highest BCUT2D eigenvalue weighted by molar-refractivity contribution is 7.89. The molecule has 164 valence electrons. The van der Waals surface area contributed by atoms with Crippen molar-refractivity contribution in [2.45, 2.75) is 23.9 Å². The molecule has 3 rings (SSSR count). The molecule has 3 aromatic rings. The monoisotopic (exact) mass is 462 g/mol. The van der Waals surface area contributed by atoms with Crippen LogP contribution >= 0.6 is 11.6 Å². The van der Waals surface area contributed by atoms with E-state index in [0.717, 1.165) is 5.56 Å². The average molecular weight is 463 g/mol. The van der Waals surface area contributed by atoms with E-state index < -0.39 is 28.0 Å². The number of nitrogens with zero attached hydrogens (tertiary/aromatic N) is 2. The highest BCUT2D eigenvalue weighted by atomic mass is 35.5. The molecular formula is C21H23ClN4O4S. The molecule has 2 atom stereocenters. The van der Waals surface area contributed by atoms with Gasteiger partial charge in [0.1, 0.15) is 17.6 Å². The maximum atomic E-state index is 12.9. The van der Waals surface area contributed by atoms with Gasteiger partial charge in [0, 0.05) is 24.5 Å². The van der Waals surface area contributed by atoms with Crippen LogP contribution < -0.4 is 14.8 Å². The number of benzene rings is 2. The number of imidazole rings is 1. The first-order chi connectivity index (χ1) is 14.7. The van der Waals surface area contributed by atoms with Crippen LogP contribution in [0.3, 0.4) is 0 Å². The lowest BCUT2D eigenvalue weighted by atomic mass is 10.1. The van der Waals surface area contributed by atoms with Gasteiger partial charge in [-0.1, -0.05) is 23.7 Å². The molecule has 1 aromatic heterocycles. The van der Waals surface area contributed by atoms with Gasteiger partial charge in [0.2, 0.25) is 15.9 Å². The SMILES string of the molecule is COc1cccc(C(NC(=O)[C@H](C)NS(=O)(=O)c2ccc(Cl)cc2)c2nccn2C)c1. The predicted molar refractivity (Wildman–Crippen MR) is 117 cm³/mol. The molecule has 0 aliphatic carbocycles. The smallest absolute Gasteiger partial charge is 0.241 e. The molecule has 1 amide bonds. The number of carbonyl (C=O) groups is 1. The topological polar surface area (TPSA) is 102 Å². The number of carbonyl (C=O) groups excluding carboxylic acids is 1. The van der Waals surface area contributed by atoms with E-state index in [2.05, 4.69) is 15.0 Å². The van der Waals surface area contributed by atoms with Crippen LogP contribution in [0.2, 0.25) is 5.02 Å². The fraction of sp³-hybridized carbons (Fsp3) is 0.238. The Morgan fingerprint density at radius 1 is 1.19 bits per heavy atom. The van der Waals surface area contributed by atoms with Gasteiger partial charge in [-0.2, -0.15) is 4.72 Å². The molecule has 2 N–H and O–H groups in total. The molecule has 1 unspecified atom stereocenters. The van der Waals surface area contributed by atoms with Crippen LogP contribution in [0.1, 0.15) is 24.4 Å². The lowest BCUT2D eigenvalue weighted by molar-refractivity contribution is -0.122. The number of nitrogens with one attached hydrogen (secondary N) is 2. The molecule has 0 bridgehead atoms. The van der Waals surface area contributed by atoms with E-state index in [4.69, 9.17) is 16.3 Å². The Bertz CT molecular complexity index is 1160. The summed E-state index contributed by atoms with van der Waals surface area (Å²) in [4.78, 5) is 17.3. The van der Waals surface area contributed by atoms with Gasteiger partial charge in [0.05, 0.1) is 18.0 Å². The van der Waals surface area contributed by atoms with E-state index in [1.54, 1.807) is 36.2 Å². The van der Waals surface area contributed by atoms with Crippen molar-refractivity contribution in [1.29, 1.82) is 0 Å². The van der Waals surface area contributed by atoms with Crippen LogP contribution in [0, 0.1) is 0 Å². The van der Waals surface area contributed by atoms with Gasteiger partial charge in [-0.15, -0.1) is 0 Å². The summed E-state index contributed by atoms with van der Waals surface area (Å²) >= 11 is 5.82. The summed E-state index contributed by atoms with van der Waals surface area (Å²) in [5.41, 5.74) is 0.745. The zero-order valence-corrected chi connectivity index (χ0v) is 18.8. The molecule has 0 aliphatic rings. The molecule has 0 radical (unpaired) electrons. The van der Waals surface area contributed by atoms with Crippen molar-refractivity contribution in [3.63, 3.8) is 0 Å². The lowest BCUT2D eigenvalue weighted by Crippen LogP contribution is -2.46. The van der Waals surface area contributed by atoms with E-state index in [0.29, 0.717) is 16.6 Å². The molecule has 31 heavy (non-hydrogen) atoms. The van der Waals surface area contributed by atoms with Crippen molar-refractivity contribution in [2.75, 3.05) is 7.11 Å². The number of halogens is 1. The number of sulfonamides is 1. The first-order valence-corrected chi connectivity index (χ1v) is 11.3. The highest BCUT2D eigenvalue weighted by Gasteiger charge is 2.27. The normalized spacial score (nSPS) is 13.4. The molecule has 8 nitrogen and oxygen atoms in total. The Labute approximate surface area is 186 Å². The van der Waals surface area contributed by atoms with Crippen molar-refractivity contribution in [2.24, 2.45) is 7.05 Å². The molecule has 0 spiro atoms. The molecule has 10 heteroatoms.